The molecule has 2 aromatic rings. The molecule has 0 saturated heterocycles. The number of rotatable bonds is 3. The lowest BCUT2D eigenvalue weighted by Gasteiger charge is -2.41. The van der Waals surface area contributed by atoms with E-state index in [0.29, 0.717) is 0 Å². The van der Waals surface area contributed by atoms with Crippen molar-refractivity contribution < 1.29 is 24.1 Å². The highest BCUT2D eigenvalue weighted by Gasteiger charge is 2.38. The molecule has 2 heterocycles. The van der Waals surface area contributed by atoms with Gasteiger partial charge in [0.25, 0.3) is 0 Å². The largest absolute Gasteiger partial charge is 0.493 e. The van der Waals surface area contributed by atoms with Crippen LogP contribution in [0.1, 0.15) is 22.7 Å². The van der Waals surface area contributed by atoms with Crippen LogP contribution in [0.2, 0.25) is 0 Å². The van der Waals surface area contributed by atoms with E-state index in [-0.39, 0.29) is 19.6 Å². The van der Waals surface area contributed by atoms with Gasteiger partial charge in [0.05, 0.1) is 21.0 Å². The minimum absolute atomic E-state index is 0.0395. The van der Waals surface area contributed by atoms with Crippen molar-refractivity contribution in [1.29, 1.82) is 0 Å². The molecule has 6 nitrogen and oxygen atoms in total. The number of hydrogen-bond donors (Lipinski definition) is 1. The van der Waals surface area contributed by atoms with Crippen LogP contribution in [0.25, 0.3) is 11.1 Å². The van der Waals surface area contributed by atoms with E-state index in [1.54, 1.807) is 14.2 Å². The Kier molecular flexibility index (Phi) is 3.52. The van der Waals surface area contributed by atoms with E-state index in [9.17, 15) is 5.11 Å². The molecule has 0 bridgehead atoms. The van der Waals surface area contributed by atoms with E-state index in [4.69, 9.17) is 18.9 Å². The summed E-state index contributed by atoms with van der Waals surface area (Å²) in [5, 5.41) is 9.89. The van der Waals surface area contributed by atoms with E-state index in [2.05, 4.69) is 17.0 Å². The number of ether oxygens (including phenoxy) is 4. The summed E-state index contributed by atoms with van der Waals surface area (Å²) in [6, 6.07) is 6.30. The van der Waals surface area contributed by atoms with Gasteiger partial charge in [-0.25, -0.2) is 0 Å². The average Bonchev–Trinajstić information content (AvgIpc) is 3.13. The summed E-state index contributed by atoms with van der Waals surface area (Å²) in [7, 11) is 3.34. The van der Waals surface area contributed by atoms with Gasteiger partial charge in [-0.05, 0) is 53.3 Å². The normalized spacial score (nSPS) is 19.7. The summed E-state index contributed by atoms with van der Waals surface area (Å²) >= 11 is 0. The monoisotopic (exact) mass is 355 g/mol. The Morgan fingerprint density at radius 3 is 2.65 bits per heavy atom. The molecular formula is C20H21NO5. The van der Waals surface area contributed by atoms with E-state index < -0.39 is 0 Å². The number of hydrogen-bond acceptors (Lipinski definition) is 6. The minimum Gasteiger partial charge on any atom is -0.493 e. The maximum Gasteiger partial charge on any atom is 0.231 e. The molecule has 2 aliphatic heterocycles. The number of methoxy groups -OCH3 is 2. The molecule has 5 rings (SSSR count). The molecule has 136 valence electrons. The lowest BCUT2D eigenvalue weighted by Crippen LogP contribution is -2.39. The Morgan fingerprint density at radius 2 is 1.92 bits per heavy atom. The zero-order valence-corrected chi connectivity index (χ0v) is 14.9. The average molecular weight is 355 g/mol. The van der Waals surface area contributed by atoms with Crippen LogP contribution in [0, 0.1) is 0 Å². The van der Waals surface area contributed by atoms with E-state index in [1.165, 1.54) is 16.7 Å². The molecule has 0 fully saturated rings. The summed E-state index contributed by atoms with van der Waals surface area (Å²) in [5.74, 6) is 3.01. The Morgan fingerprint density at radius 1 is 1.12 bits per heavy atom. The van der Waals surface area contributed by atoms with Gasteiger partial charge < -0.3 is 24.1 Å². The number of fused-ring (bicyclic) bond motifs is 3. The fourth-order valence-electron chi connectivity index (χ4n) is 4.51. The lowest BCUT2D eigenvalue weighted by atomic mass is 9.76. The molecule has 3 aliphatic rings. The second-order valence-corrected chi connectivity index (χ2v) is 6.85. The molecule has 26 heavy (non-hydrogen) atoms. The third-order valence-corrected chi connectivity index (χ3v) is 5.70. The number of nitrogens with zero attached hydrogens (tertiary/aromatic N) is 1. The highest BCUT2D eigenvalue weighted by molar-refractivity contribution is 5.85. The molecule has 0 spiro atoms. The van der Waals surface area contributed by atoms with Crippen molar-refractivity contribution in [3.8, 4) is 34.1 Å². The molecule has 0 amide bonds. The molecule has 0 radical (unpaired) electrons. The van der Waals surface area contributed by atoms with Crippen molar-refractivity contribution in [2.75, 3.05) is 34.3 Å². The van der Waals surface area contributed by atoms with E-state index >= 15 is 0 Å². The van der Waals surface area contributed by atoms with Crippen LogP contribution < -0.4 is 18.9 Å². The van der Waals surface area contributed by atoms with Gasteiger partial charge in [0, 0.05) is 18.2 Å². The second kappa shape index (κ2) is 5.79. The molecule has 0 saturated carbocycles. The first-order chi connectivity index (χ1) is 12.7. The first-order valence-corrected chi connectivity index (χ1v) is 8.80. The first-order valence-electron chi connectivity index (χ1n) is 8.80. The van der Waals surface area contributed by atoms with Gasteiger partial charge in [-0.3, -0.25) is 4.90 Å². The minimum atomic E-state index is 0.0395. The smallest absolute Gasteiger partial charge is 0.231 e. The van der Waals surface area contributed by atoms with Gasteiger partial charge in [-0.15, -0.1) is 0 Å². The van der Waals surface area contributed by atoms with Crippen LogP contribution >= 0.6 is 0 Å². The summed E-state index contributed by atoms with van der Waals surface area (Å²) in [6.45, 7) is 1.11. The Labute approximate surface area is 151 Å². The van der Waals surface area contributed by atoms with E-state index in [0.717, 1.165) is 53.5 Å². The topological polar surface area (TPSA) is 60.4 Å². The van der Waals surface area contributed by atoms with Crippen LogP contribution in [-0.2, 0) is 12.8 Å². The SMILES string of the molecule is COc1cc2c3c(c1OC)-c1cc4c(cc1C[C@H]3N(CO)CC2)OCO4. The predicted octanol–water partition coefficient (Wildman–Crippen LogP) is 2.50. The molecule has 0 aromatic heterocycles. The van der Waals surface area contributed by atoms with Crippen LogP contribution in [0.4, 0.5) is 0 Å². The summed E-state index contributed by atoms with van der Waals surface area (Å²) in [5.41, 5.74) is 5.80. The van der Waals surface area contributed by atoms with E-state index in [1.807, 2.05) is 6.07 Å². The molecule has 0 unspecified atom stereocenters. The summed E-state index contributed by atoms with van der Waals surface area (Å²) in [6.07, 6.45) is 1.70. The van der Waals surface area contributed by atoms with Crippen molar-refractivity contribution in [2.24, 2.45) is 0 Å². The quantitative estimate of drug-likeness (QED) is 0.913. The highest BCUT2D eigenvalue weighted by atomic mass is 16.7. The van der Waals surface area contributed by atoms with Crippen LogP contribution in [-0.4, -0.2) is 44.3 Å². The van der Waals surface area contributed by atoms with Gasteiger partial charge in [0.15, 0.2) is 23.0 Å². The molecule has 1 N–H and O–H groups in total. The highest BCUT2D eigenvalue weighted by Crippen LogP contribution is 2.54. The standard InChI is InChI=1S/C20H21NO5/c1-23-17-6-11-3-4-21(9-22)14-5-12-7-15-16(26-10-25-15)8-13(12)19(18(11)14)20(17)24-2/h6-8,14,22H,3-5,9-10H2,1-2H3/t14-/m1/s1. The van der Waals surface area contributed by atoms with Gasteiger partial charge in [-0.2, -0.15) is 0 Å². The lowest BCUT2D eigenvalue weighted by molar-refractivity contribution is 0.0601. The van der Waals surface area contributed by atoms with Gasteiger partial charge in [0.1, 0.15) is 0 Å². The second-order valence-electron chi connectivity index (χ2n) is 6.85. The van der Waals surface area contributed by atoms with Gasteiger partial charge in [-0.1, -0.05) is 0 Å². The Hall–Kier alpha value is -2.44. The van der Waals surface area contributed by atoms with Crippen LogP contribution in [0.5, 0.6) is 23.0 Å². The van der Waals surface area contributed by atoms with Crippen molar-refractivity contribution >= 4 is 0 Å². The van der Waals surface area contributed by atoms with Gasteiger partial charge in [0.2, 0.25) is 6.79 Å². The summed E-state index contributed by atoms with van der Waals surface area (Å²) < 4.78 is 22.6. The number of benzene rings is 2. The maximum atomic E-state index is 9.89. The molecule has 1 aliphatic carbocycles. The predicted molar refractivity (Wildman–Crippen MR) is 95.0 cm³/mol. The number of aliphatic hydroxyl groups excluding tert-OH is 1. The van der Waals surface area contributed by atoms with Crippen LogP contribution in [0.3, 0.4) is 0 Å². The Bertz CT molecular complexity index is 895. The van der Waals surface area contributed by atoms with Crippen LogP contribution in [0.15, 0.2) is 18.2 Å². The Balaban J connectivity index is 1.83. The van der Waals surface area contributed by atoms with Crippen molar-refractivity contribution in [1.82, 2.24) is 4.90 Å². The molecule has 2 aromatic carbocycles. The molecular weight excluding hydrogens is 334 g/mol. The fraction of sp³-hybridized carbons (Fsp3) is 0.400. The maximum absolute atomic E-state index is 9.89. The molecule has 1 atom stereocenters. The zero-order chi connectivity index (χ0) is 17.8. The third-order valence-electron chi connectivity index (χ3n) is 5.70. The third kappa shape index (κ3) is 2.06. The van der Waals surface area contributed by atoms with Crippen molar-refractivity contribution in [2.45, 2.75) is 18.9 Å². The summed E-state index contributed by atoms with van der Waals surface area (Å²) in [4.78, 5) is 2.12. The van der Waals surface area contributed by atoms with Gasteiger partial charge >= 0.3 is 0 Å². The fourth-order valence-corrected chi connectivity index (χ4v) is 4.51. The molecule has 6 heteroatoms. The number of aliphatic hydroxyl groups is 1. The zero-order valence-electron chi connectivity index (χ0n) is 14.9. The van der Waals surface area contributed by atoms with Crippen molar-refractivity contribution in [3.63, 3.8) is 0 Å². The van der Waals surface area contributed by atoms with Crippen molar-refractivity contribution in [3.05, 3.63) is 34.9 Å². The first kappa shape index (κ1) is 15.8.